The summed E-state index contributed by atoms with van der Waals surface area (Å²) in [5.41, 5.74) is 0. The van der Waals surface area contributed by atoms with Gasteiger partial charge in [-0.05, 0) is 18.2 Å². The third-order valence-electron chi connectivity index (χ3n) is 1.94. The number of ether oxygens (including phenoxy) is 2. The van der Waals surface area contributed by atoms with Crippen LogP contribution < -0.4 is 9.47 Å². The normalized spacial score (nSPS) is 14.9. The van der Waals surface area contributed by atoms with Crippen LogP contribution in [0.25, 0.3) is 0 Å². The molecule has 0 aliphatic carbocycles. The van der Waals surface area contributed by atoms with Gasteiger partial charge in [-0.3, -0.25) is 0 Å². The fourth-order valence-electron chi connectivity index (χ4n) is 1.30. The highest BCUT2D eigenvalue weighted by atomic mass is 35.5. The van der Waals surface area contributed by atoms with Gasteiger partial charge in [-0.2, -0.15) is 0 Å². The minimum absolute atomic E-state index is 0.555. The summed E-state index contributed by atoms with van der Waals surface area (Å²) in [5, 5.41) is 0.555. The third kappa shape index (κ3) is 2.28. The van der Waals surface area contributed by atoms with E-state index in [9.17, 15) is 0 Å². The second-order valence-corrected chi connectivity index (χ2v) is 4.55. The number of alkyl halides is 1. The van der Waals surface area contributed by atoms with Gasteiger partial charge in [0.1, 0.15) is 0 Å². The monoisotopic (exact) mass is 230 g/mol. The Morgan fingerprint density at radius 1 is 1.21 bits per heavy atom. The van der Waals surface area contributed by atoms with Crippen molar-refractivity contribution in [3.8, 4) is 11.5 Å². The van der Waals surface area contributed by atoms with Crippen molar-refractivity contribution in [1.29, 1.82) is 0 Å². The molecule has 0 saturated heterocycles. The number of benzene rings is 1. The fraction of sp³-hybridized carbons (Fsp3) is 0.400. The van der Waals surface area contributed by atoms with E-state index in [1.165, 1.54) is 0 Å². The molecule has 4 heteroatoms. The van der Waals surface area contributed by atoms with E-state index in [1.807, 2.05) is 18.2 Å². The van der Waals surface area contributed by atoms with Crippen LogP contribution in [0.15, 0.2) is 23.1 Å². The van der Waals surface area contributed by atoms with Crippen LogP contribution in [-0.4, -0.2) is 18.4 Å². The molecule has 0 fully saturated rings. The highest BCUT2D eigenvalue weighted by molar-refractivity contribution is 8.00. The molecule has 0 unspecified atom stereocenters. The Labute approximate surface area is 92.5 Å². The SMILES string of the molecule is ClCSc1ccc2c(c1)OCCCO2. The Morgan fingerprint density at radius 2 is 2.00 bits per heavy atom. The number of hydrogen-bond donors (Lipinski definition) is 0. The van der Waals surface area contributed by atoms with Crippen molar-refractivity contribution in [2.24, 2.45) is 0 Å². The van der Waals surface area contributed by atoms with E-state index in [2.05, 4.69) is 0 Å². The van der Waals surface area contributed by atoms with E-state index in [-0.39, 0.29) is 0 Å². The molecule has 2 rings (SSSR count). The molecule has 14 heavy (non-hydrogen) atoms. The third-order valence-corrected chi connectivity index (χ3v) is 2.96. The molecule has 1 aromatic carbocycles. The van der Waals surface area contributed by atoms with Crippen molar-refractivity contribution in [2.45, 2.75) is 11.3 Å². The Kier molecular flexibility index (Phi) is 3.43. The largest absolute Gasteiger partial charge is 0.490 e. The first kappa shape index (κ1) is 9.99. The summed E-state index contributed by atoms with van der Waals surface area (Å²) in [5.74, 6) is 1.67. The summed E-state index contributed by atoms with van der Waals surface area (Å²) in [6.07, 6.45) is 0.937. The average Bonchev–Trinajstić information content (AvgIpc) is 2.42. The second-order valence-electron chi connectivity index (χ2n) is 2.91. The van der Waals surface area contributed by atoms with E-state index in [0.29, 0.717) is 5.21 Å². The molecule has 0 atom stereocenters. The van der Waals surface area contributed by atoms with Gasteiger partial charge < -0.3 is 9.47 Å². The predicted molar refractivity (Wildman–Crippen MR) is 58.6 cm³/mol. The lowest BCUT2D eigenvalue weighted by atomic mass is 10.3. The molecule has 1 aliphatic rings. The van der Waals surface area contributed by atoms with Gasteiger partial charge in [-0.25, -0.2) is 0 Å². The van der Waals surface area contributed by atoms with Crippen molar-refractivity contribution in [1.82, 2.24) is 0 Å². The molecule has 0 N–H and O–H groups in total. The van der Waals surface area contributed by atoms with Crippen LogP contribution in [0.5, 0.6) is 11.5 Å². The Bertz CT molecular complexity index is 317. The number of thioether (sulfide) groups is 1. The molecular formula is C10H11ClO2S. The molecule has 1 aromatic rings. The fourth-order valence-corrected chi connectivity index (χ4v) is 2.15. The van der Waals surface area contributed by atoms with Crippen LogP contribution in [-0.2, 0) is 0 Å². The van der Waals surface area contributed by atoms with Crippen LogP contribution >= 0.6 is 23.4 Å². The van der Waals surface area contributed by atoms with Gasteiger partial charge in [0.05, 0.1) is 18.4 Å². The first-order chi connectivity index (χ1) is 6.90. The van der Waals surface area contributed by atoms with E-state index in [4.69, 9.17) is 21.1 Å². The van der Waals surface area contributed by atoms with Crippen molar-refractivity contribution < 1.29 is 9.47 Å². The molecule has 0 spiro atoms. The van der Waals surface area contributed by atoms with Gasteiger partial charge in [0.25, 0.3) is 0 Å². The van der Waals surface area contributed by atoms with E-state index in [0.717, 1.165) is 36.0 Å². The smallest absolute Gasteiger partial charge is 0.162 e. The Hall–Kier alpha value is -0.540. The van der Waals surface area contributed by atoms with Gasteiger partial charge in [0.2, 0.25) is 0 Å². The predicted octanol–water partition coefficient (Wildman–Crippen LogP) is 3.14. The van der Waals surface area contributed by atoms with Gasteiger partial charge in [0, 0.05) is 11.3 Å². The summed E-state index contributed by atoms with van der Waals surface area (Å²) >= 11 is 7.23. The lowest BCUT2D eigenvalue weighted by molar-refractivity contribution is 0.297. The number of hydrogen-bond acceptors (Lipinski definition) is 3. The van der Waals surface area contributed by atoms with Crippen LogP contribution in [0.4, 0.5) is 0 Å². The van der Waals surface area contributed by atoms with E-state index >= 15 is 0 Å². The molecule has 0 saturated carbocycles. The Balaban J connectivity index is 2.23. The quantitative estimate of drug-likeness (QED) is 0.575. The zero-order valence-corrected chi connectivity index (χ0v) is 9.24. The molecule has 1 heterocycles. The summed E-state index contributed by atoms with van der Waals surface area (Å²) in [7, 11) is 0. The first-order valence-corrected chi connectivity index (χ1v) is 6.00. The van der Waals surface area contributed by atoms with Gasteiger partial charge >= 0.3 is 0 Å². The molecular weight excluding hydrogens is 220 g/mol. The van der Waals surface area contributed by atoms with E-state index < -0.39 is 0 Å². The zero-order chi connectivity index (χ0) is 9.80. The first-order valence-electron chi connectivity index (χ1n) is 4.48. The molecule has 0 amide bonds. The average molecular weight is 231 g/mol. The van der Waals surface area contributed by atoms with E-state index in [1.54, 1.807) is 11.8 Å². The van der Waals surface area contributed by atoms with Crippen LogP contribution in [0, 0.1) is 0 Å². The maximum absolute atomic E-state index is 5.64. The second kappa shape index (κ2) is 4.80. The lowest BCUT2D eigenvalue weighted by Gasteiger charge is -2.07. The molecule has 0 radical (unpaired) electrons. The number of rotatable bonds is 2. The molecule has 0 bridgehead atoms. The highest BCUT2D eigenvalue weighted by Crippen LogP contribution is 2.33. The minimum atomic E-state index is 0.555. The van der Waals surface area contributed by atoms with Crippen LogP contribution in [0.2, 0.25) is 0 Å². The maximum atomic E-state index is 5.64. The van der Waals surface area contributed by atoms with Crippen LogP contribution in [0.1, 0.15) is 6.42 Å². The maximum Gasteiger partial charge on any atom is 0.162 e. The molecule has 1 aliphatic heterocycles. The standard InChI is InChI=1S/C10H11ClO2S/c11-7-14-8-2-3-9-10(6-8)13-5-1-4-12-9/h2-3,6H,1,4-5,7H2. The van der Waals surface area contributed by atoms with Crippen molar-refractivity contribution in [3.63, 3.8) is 0 Å². The minimum Gasteiger partial charge on any atom is -0.490 e. The van der Waals surface area contributed by atoms with Crippen molar-refractivity contribution >= 4 is 23.4 Å². The molecule has 2 nitrogen and oxygen atoms in total. The Morgan fingerprint density at radius 3 is 2.79 bits per heavy atom. The van der Waals surface area contributed by atoms with Crippen molar-refractivity contribution in [2.75, 3.05) is 18.4 Å². The number of halogens is 1. The molecule has 0 aromatic heterocycles. The number of fused-ring (bicyclic) bond motifs is 1. The summed E-state index contributed by atoms with van der Waals surface area (Å²) < 4.78 is 11.1. The van der Waals surface area contributed by atoms with Crippen LogP contribution in [0.3, 0.4) is 0 Å². The lowest BCUT2D eigenvalue weighted by Crippen LogP contribution is -1.97. The van der Waals surface area contributed by atoms with Gasteiger partial charge in [-0.15, -0.1) is 23.4 Å². The highest BCUT2D eigenvalue weighted by Gasteiger charge is 2.10. The topological polar surface area (TPSA) is 18.5 Å². The zero-order valence-electron chi connectivity index (χ0n) is 7.66. The van der Waals surface area contributed by atoms with Crippen molar-refractivity contribution in [3.05, 3.63) is 18.2 Å². The molecule has 76 valence electrons. The summed E-state index contributed by atoms with van der Waals surface area (Å²) in [6.45, 7) is 1.46. The van der Waals surface area contributed by atoms with Gasteiger partial charge in [0.15, 0.2) is 11.5 Å². The summed E-state index contributed by atoms with van der Waals surface area (Å²) in [6, 6.07) is 5.92. The summed E-state index contributed by atoms with van der Waals surface area (Å²) in [4.78, 5) is 1.12. The van der Waals surface area contributed by atoms with Gasteiger partial charge in [-0.1, -0.05) is 0 Å².